The molecule has 0 spiro atoms. The average molecular weight is 292 g/mol. The zero-order chi connectivity index (χ0) is 15.4. The van der Waals surface area contributed by atoms with Gasteiger partial charge in [0.1, 0.15) is 5.82 Å². The Morgan fingerprint density at radius 2 is 2.19 bits per heavy atom. The summed E-state index contributed by atoms with van der Waals surface area (Å²) in [5, 5.41) is 3.12. The summed E-state index contributed by atoms with van der Waals surface area (Å²) in [6.45, 7) is 8.67. The first kappa shape index (κ1) is 16.0. The first-order valence-electron chi connectivity index (χ1n) is 7.77. The molecule has 2 rings (SSSR count). The minimum atomic E-state index is -0.191. The van der Waals surface area contributed by atoms with E-state index in [0.717, 1.165) is 31.6 Å². The van der Waals surface area contributed by atoms with Crippen molar-refractivity contribution in [3.05, 3.63) is 35.6 Å². The summed E-state index contributed by atoms with van der Waals surface area (Å²) in [7, 11) is 0. The predicted octanol–water partition coefficient (Wildman–Crippen LogP) is 2.78. The van der Waals surface area contributed by atoms with Crippen LogP contribution in [-0.4, -0.2) is 36.5 Å². The average Bonchev–Trinajstić information content (AvgIpc) is 2.46. The molecule has 2 atom stereocenters. The number of rotatable bonds is 4. The van der Waals surface area contributed by atoms with Gasteiger partial charge in [-0.25, -0.2) is 4.39 Å². The van der Waals surface area contributed by atoms with Gasteiger partial charge in [-0.05, 0) is 36.6 Å². The molecule has 0 radical (unpaired) electrons. The maximum Gasteiger partial charge on any atom is 0.222 e. The number of hydrogen-bond acceptors (Lipinski definition) is 2. The van der Waals surface area contributed by atoms with Crippen LogP contribution in [0.2, 0.25) is 0 Å². The number of halogens is 1. The van der Waals surface area contributed by atoms with E-state index in [1.807, 2.05) is 19.9 Å². The van der Waals surface area contributed by atoms with E-state index in [-0.39, 0.29) is 29.6 Å². The molecule has 0 aromatic heterocycles. The molecule has 1 saturated heterocycles. The highest BCUT2D eigenvalue weighted by atomic mass is 19.1. The van der Waals surface area contributed by atoms with E-state index < -0.39 is 0 Å². The van der Waals surface area contributed by atoms with Gasteiger partial charge in [0.05, 0.1) is 0 Å². The molecule has 1 amide bonds. The molecule has 1 aliphatic rings. The fourth-order valence-electron chi connectivity index (χ4n) is 2.92. The van der Waals surface area contributed by atoms with Crippen molar-refractivity contribution in [1.29, 1.82) is 0 Å². The second kappa shape index (κ2) is 7.03. The molecule has 21 heavy (non-hydrogen) atoms. The summed E-state index contributed by atoms with van der Waals surface area (Å²) < 4.78 is 13.4. The normalized spacial score (nSPS) is 23.3. The summed E-state index contributed by atoms with van der Waals surface area (Å²) >= 11 is 0. The smallest absolute Gasteiger partial charge is 0.222 e. The number of benzene rings is 1. The van der Waals surface area contributed by atoms with E-state index in [4.69, 9.17) is 0 Å². The number of amides is 1. The van der Waals surface area contributed by atoms with E-state index in [2.05, 4.69) is 17.1 Å². The van der Waals surface area contributed by atoms with Crippen LogP contribution in [0.3, 0.4) is 0 Å². The molecule has 3 nitrogen and oxygen atoms in total. The number of hydrogen-bond donors (Lipinski definition) is 1. The van der Waals surface area contributed by atoms with Crippen LogP contribution in [0.1, 0.15) is 38.7 Å². The van der Waals surface area contributed by atoms with Gasteiger partial charge in [0.2, 0.25) is 5.91 Å². The SMILES string of the molecule is CCN1CC(NC(=O)C(C)C)CC(c2cccc(F)c2)C1. The van der Waals surface area contributed by atoms with Crippen molar-refractivity contribution >= 4 is 5.91 Å². The lowest BCUT2D eigenvalue weighted by Crippen LogP contribution is -2.50. The van der Waals surface area contributed by atoms with Gasteiger partial charge in [-0.2, -0.15) is 0 Å². The quantitative estimate of drug-likeness (QED) is 0.925. The topological polar surface area (TPSA) is 32.3 Å². The Labute approximate surface area is 126 Å². The lowest BCUT2D eigenvalue weighted by molar-refractivity contribution is -0.125. The van der Waals surface area contributed by atoms with E-state index in [9.17, 15) is 9.18 Å². The van der Waals surface area contributed by atoms with E-state index >= 15 is 0 Å². The molecule has 0 aliphatic carbocycles. The number of carbonyl (C=O) groups excluding carboxylic acids is 1. The Bertz CT molecular complexity index is 489. The van der Waals surface area contributed by atoms with Crippen molar-refractivity contribution < 1.29 is 9.18 Å². The van der Waals surface area contributed by atoms with Crippen LogP contribution < -0.4 is 5.32 Å². The van der Waals surface area contributed by atoms with Gasteiger partial charge in [0, 0.05) is 25.0 Å². The largest absolute Gasteiger partial charge is 0.352 e. The number of likely N-dealkylation sites (tertiary alicyclic amines) is 1. The second-order valence-corrected chi connectivity index (χ2v) is 6.20. The number of nitrogens with one attached hydrogen (secondary N) is 1. The molecule has 1 heterocycles. The highest BCUT2D eigenvalue weighted by molar-refractivity contribution is 5.78. The molecular weight excluding hydrogens is 267 g/mol. The third-order valence-corrected chi connectivity index (χ3v) is 4.16. The maximum atomic E-state index is 13.4. The van der Waals surface area contributed by atoms with Gasteiger partial charge in [0.15, 0.2) is 0 Å². The van der Waals surface area contributed by atoms with E-state index in [1.165, 1.54) is 6.07 Å². The molecule has 1 aromatic carbocycles. The maximum absolute atomic E-state index is 13.4. The Kier molecular flexibility index (Phi) is 5.34. The minimum absolute atomic E-state index is 0.00498. The lowest BCUT2D eigenvalue weighted by Gasteiger charge is -2.38. The van der Waals surface area contributed by atoms with Gasteiger partial charge in [-0.1, -0.05) is 32.9 Å². The summed E-state index contributed by atoms with van der Waals surface area (Å²) in [6.07, 6.45) is 0.873. The van der Waals surface area contributed by atoms with Gasteiger partial charge < -0.3 is 10.2 Å². The van der Waals surface area contributed by atoms with Crippen LogP contribution in [0.5, 0.6) is 0 Å². The van der Waals surface area contributed by atoms with E-state index in [0.29, 0.717) is 0 Å². The second-order valence-electron chi connectivity index (χ2n) is 6.20. The van der Waals surface area contributed by atoms with Crippen molar-refractivity contribution in [2.75, 3.05) is 19.6 Å². The fourth-order valence-corrected chi connectivity index (χ4v) is 2.92. The number of nitrogens with zero attached hydrogens (tertiary/aromatic N) is 1. The standard InChI is InChI=1S/C17H25FN2O/c1-4-20-10-14(13-6-5-7-15(18)8-13)9-16(11-20)19-17(21)12(2)3/h5-8,12,14,16H,4,9-11H2,1-3H3,(H,19,21). The van der Waals surface area contributed by atoms with Gasteiger partial charge in [-0.15, -0.1) is 0 Å². The van der Waals surface area contributed by atoms with Crippen LogP contribution in [0.25, 0.3) is 0 Å². The summed E-state index contributed by atoms with van der Waals surface area (Å²) in [6, 6.07) is 6.97. The molecule has 2 unspecified atom stereocenters. The van der Waals surface area contributed by atoms with E-state index in [1.54, 1.807) is 12.1 Å². The minimum Gasteiger partial charge on any atom is -0.352 e. The summed E-state index contributed by atoms with van der Waals surface area (Å²) in [4.78, 5) is 14.2. The number of piperidine rings is 1. The molecule has 0 saturated carbocycles. The van der Waals surface area contributed by atoms with Crippen molar-refractivity contribution in [3.8, 4) is 0 Å². The predicted molar refractivity (Wildman–Crippen MR) is 82.6 cm³/mol. The van der Waals surface area contributed by atoms with Crippen LogP contribution >= 0.6 is 0 Å². The Morgan fingerprint density at radius 3 is 2.81 bits per heavy atom. The first-order valence-corrected chi connectivity index (χ1v) is 7.77. The van der Waals surface area contributed by atoms with Crippen molar-refractivity contribution in [3.63, 3.8) is 0 Å². The Hall–Kier alpha value is -1.42. The van der Waals surface area contributed by atoms with Crippen molar-refractivity contribution in [2.45, 2.75) is 39.2 Å². The lowest BCUT2D eigenvalue weighted by atomic mass is 9.87. The van der Waals surface area contributed by atoms with Crippen LogP contribution in [0, 0.1) is 11.7 Å². The third-order valence-electron chi connectivity index (χ3n) is 4.16. The first-order chi connectivity index (χ1) is 9.99. The Balaban J connectivity index is 2.10. The van der Waals surface area contributed by atoms with Crippen LogP contribution in [-0.2, 0) is 4.79 Å². The monoisotopic (exact) mass is 292 g/mol. The molecule has 4 heteroatoms. The van der Waals surface area contributed by atoms with Gasteiger partial charge in [0.25, 0.3) is 0 Å². The highest BCUT2D eigenvalue weighted by Gasteiger charge is 2.29. The highest BCUT2D eigenvalue weighted by Crippen LogP contribution is 2.27. The Morgan fingerprint density at radius 1 is 1.43 bits per heavy atom. The van der Waals surface area contributed by atoms with Crippen LogP contribution in [0.4, 0.5) is 4.39 Å². The van der Waals surface area contributed by atoms with Crippen LogP contribution in [0.15, 0.2) is 24.3 Å². The third kappa shape index (κ3) is 4.27. The molecule has 1 N–H and O–H groups in total. The van der Waals surface area contributed by atoms with Crippen molar-refractivity contribution in [1.82, 2.24) is 10.2 Å². The molecule has 1 fully saturated rings. The molecular formula is C17H25FN2O. The number of likely N-dealkylation sites (N-methyl/N-ethyl adjacent to an activating group) is 1. The fraction of sp³-hybridized carbons (Fsp3) is 0.588. The molecule has 116 valence electrons. The summed E-state index contributed by atoms with van der Waals surface area (Å²) in [5.74, 6) is 0.168. The van der Waals surface area contributed by atoms with Gasteiger partial charge in [-0.3, -0.25) is 4.79 Å². The zero-order valence-electron chi connectivity index (χ0n) is 13.1. The van der Waals surface area contributed by atoms with Crippen molar-refractivity contribution in [2.24, 2.45) is 5.92 Å². The van der Waals surface area contributed by atoms with Gasteiger partial charge >= 0.3 is 0 Å². The number of carbonyl (C=O) groups is 1. The molecule has 1 aromatic rings. The summed E-state index contributed by atoms with van der Waals surface area (Å²) in [5.41, 5.74) is 1.02. The molecule has 1 aliphatic heterocycles. The zero-order valence-corrected chi connectivity index (χ0v) is 13.1. The molecule has 0 bridgehead atoms.